The summed E-state index contributed by atoms with van der Waals surface area (Å²) in [5.74, 6) is -0.407. The van der Waals surface area contributed by atoms with Crippen molar-refractivity contribution < 1.29 is 14.3 Å². The van der Waals surface area contributed by atoms with Gasteiger partial charge in [0.15, 0.2) is 5.75 Å². The Hall–Kier alpha value is -1.55. The van der Waals surface area contributed by atoms with Gasteiger partial charge in [-0.1, -0.05) is 17.7 Å². The highest BCUT2D eigenvalue weighted by molar-refractivity contribution is 6.33. The topological polar surface area (TPSA) is 55.4 Å². The second-order valence-corrected chi connectivity index (χ2v) is 2.83. The molecular weight excluding hydrogens is 206 g/mol. The summed E-state index contributed by atoms with van der Waals surface area (Å²) in [5.41, 5.74) is 0.372. The fraction of sp³-hybridized carbons (Fsp3) is 0.111. The molecule has 1 rings (SSSR count). The molecule has 4 nitrogen and oxygen atoms in total. The molecule has 0 heterocycles. The van der Waals surface area contributed by atoms with Gasteiger partial charge in [0, 0.05) is 0 Å². The maximum atomic E-state index is 10.8. The van der Waals surface area contributed by atoms with E-state index in [1.54, 1.807) is 18.2 Å². The van der Waals surface area contributed by atoms with Gasteiger partial charge < -0.3 is 10.1 Å². The van der Waals surface area contributed by atoms with E-state index in [9.17, 15) is 9.59 Å². The average Bonchev–Trinajstić information content (AvgIpc) is 2.18. The predicted molar refractivity (Wildman–Crippen MR) is 52.7 cm³/mol. The molecule has 0 bridgehead atoms. The number of para-hydroxylation sites is 1. The lowest BCUT2D eigenvalue weighted by Crippen LogP contribution is -2.12. The maximum absolute atomic E-state index is 10.8. The van der Waals surface area contributed by atoms with Gasteiger partial charge in [-0.3, -0.25) is 9.59 Å². The summed E-state index contributed by atoms with van der Waals surface area (Å²) in [4.78, 5) is 20.9. The number of methoxy groups -OCH3 is 1. The van der Waals surface area contributed by atoms with Crippen LogP contribution >= 0.6 is 11.6 Å². The predicted octanol–water partition coefficient (Wildman–Crippen LogP) is 1.49. The summed E-state index contributed by atoms with van der Waals surface area (Å²) in [6.45, 7) is 0. The molecule has 0 saturated heterocycles. The molecule has 0 saturated carbocycles. The van der Waals surface area contributed by atoms with E-state index in [2.05, 4.69) is 5.32 Å². The largest absolute Gasteiger partial charge is 0.493 e. The van der Waals surface area contributed by atoms with Crippen LogP contribution < -0.4 is 10.1 Å². The van der Waals surface area contributed by atoms with Crippen molar-refractivity contribution in [3.05, 3.63) is 23.2 Å². The average molecular weight is 214 g/mol. The molecule has 0 aliphatic heterocycles. The van der Waals surface area contributed by atoms with E-state index in [0.717, 1.165) is 0 Å². The zero-order chi connectivity index (χ0) is 10.6. The van der Waals surface area contributed by atoms with E-state index < -0.39 is 5.91 Å². The number of benzene rings is 1. The quantitative estimate of drug-likeness (QED) is 0.611. The molecule has 0 unspecified atom stereocenters. The molecular formula is C9H8ClNO3. The number of hydrogen-bond acceptors (Lipinski definition) is 3. The van der Waals surface area contributed by atoms with Crippen LogP contribution in [-0.2, 0) is 9.59 Å². The molecule has 1 aromatic rings. The van der Waals surface area contributed by atoms with Gasteiger partial charge in [0.1, 0.15) is 0 Å². The Labute approximate surface area is 85.8 Å². The van der Waals surface area contributed by atoms with Gasteiger partial charge >= 0.3 is 0 Å². The number of rotatable bonds is 3. The summed E-state index contributed by atoms with van der Waals surface area (Å²) in [7, 11) is 1.43. The number of hydrogen-bond donors (Lipinski definition) is 1. The molecule has 1 amide bonds. The highest BCUT2D eigenvalue weighted by Crippen LogP contribution is 2.32. The van der Waals surface area contributed by atoms with Crippen molar-refractivity contribution in [2.75, 3.05) is 12.4 Å². The third kappa shape index (κ3) is 2.23. The molecule has 0 aromatic heterocycles. The Bertz CT molecular complexity index is 365. The van der Waals surface area contributed by atoms with Crippen LogP contribution in [0.5, 0.6) is 5.75 Å². The van der Waals surface area contributed by atoms with Gasteiger partial charge in [0.05, 0.1) is 17.8 Å². The molecule has 74 valence electrons. The summed E-state index contributed by atoms with van der Waals surface area (Å²) in [5, 5.41) is 2.71. The summed E-state index contributed by atoms with van der Waals surface area (Å²) in [6, 6.07) is 4.86. The maximum Gasteiger partial charge on any atom is 0.288 e. The first-order valence-corrected chi connectivity index (χ1v) is 4.15. The minimum absolute atomic E-state index is 0.181. The molecule has 0 spiro atoms. The normalized spacial score (nSPS) is 9.29. The molecule has 0 fully saturated rings. The Morgan fingerprint density at radius 3 is 2.86 bits per heavy atom. The number of carbonyl (C=O) groups is 2. The third-order valence-electron chi connectivity index (χ3n) is 1.54. The Kier molecular flexibility index (Phi) is 3.48. The van der Waals surface area contributed by atoms with Crippen molar-refractivity contribution in [3.8, 4) is 5.75 Å². The van der Waals surface area contributed by atoms with Crippen LogP contribution in [0.15, 0.2) is 18.2 Å². The van der Waals surface area contributed by atoms with Crippen LogP contribution in [0.1, 0.15) is 0 Å². The van der Waals surface area contributed by atoms with Crippen LogP contribution in [-0.4, -0.2) is 19.3 Å². The van der Waals surface area contributed by atoms with Crippen LogP contribution in [0.25, 0.3) is 0 Å². The van der Waals surface area contributed by atoms with Crippen molar-refractivity contribution in [1.82, 2.24) is 0 Å². The second kappa shape index (κ2) is 4.62. The third-order valence-corrected chi connectivity index (χ3v) is 1.83. The molecule has 0 atom stereocenters. The van der Waals surface area contributed by atoms with Crippen LogP contribution in [0.3, 0.4) is 0 Å². The van der Waals surface area contributed by atoms with Gasteiger partial charge in [0.25, 0.3) is 5.91 Å². The Balaban J connectivity index is 3.01. The molecule has 14 heavy (non-hydrogen) atoms. The van der Waals surface area contributed by atoms with Gasteiger partial charge in [-0.2, -0.15) is 0 Å². The first-order valence-electron chi connectivity index (χ1n) is 3.77. The minimum atomic E-state index is -0.745. The van der Waals surface area contributed by atoms with Crippen molar-refractivity contribution in [3.63, 3.8) is 0 Å². The standard InChI is InChI=1S/C9H8ClNO3/c1-14-9-6(10)3-2-4-7(9)11-8(13)5-12/h2-5H,1H3,(H,11,13). The number of carbonyl (C=O) groups excluding carboxylic acids is 2. The first-order chi connectivity index (χ1) is 6.69. The number of aldehydes is 1. The van der Waals surface area contributed by atoms with E-state index in [4.69, 9.17) is 16.3 Å². The van der Waals surface area contributed by atoms with Gasteiger partial charge in [-0.25, -0.2) is 0 Å². The smallest absolute Gasteiger partial charge is 0.288 e. The lowest BCUT2D eigenvalue weighted by atomic mass is 10.3. The molecule has 0 aliphatic rings. The van der Waals surface area contributed by atoms with Gasteiger partial charge in [-0.05, 0) is 12.1 Å². The van der Waals surface area contributed by atoms with E-state index in [-0.39, 0.29) is 6.29 Å². The fourth-order valence-corrected chi connectivity index (χ4v) is 1.23. The highest BCUT2D eigenvalue weighted by Gasteiger charge is 2.09. The summed E-state index contributed by atoms with van der Waals surface area (Å²) < 4.78 is 4.96. The number of amides is 1. The van der Waals surface area contributed by atoms with Gasteiger partial charge in [0.2, 0.25) is 6.29 Å². The lowest BCUT2D eigenvalue weighted by molar-refractivity contribution is -0.127. The summed E-state index contributed by atoms with van der Waals surface area (Å²) in [6.07, 6.45) is 0.181. The Morgan fingerprint density at radius 1 is 1.57 bits per heavy atom. The molecule has 5 heteroatoms. The van der Waals surface area contributed by atoms with Gasteiger partial charge in [-0.15, -0.1) is 0 Å². The SMILES string of the molecule is COc1c(Cl)cccc1NC(=O)C=O. The van der Waals surface area contributed by atoms with E-state index in [0.29, 0.717) is 16.5 Å². The minimum Gasteiger partial charge on any atom is -0.493 e. The first kappa shape index (κ1) is 10.5. The van der Waals surface area contributed by atoms with E-state index >= 15 is 0 Å². The zero-order valence-electron chi connectivity index (χ0n) is 7.41. The van der Waals surface area contributed by atoms with Crippen molar-refractivity contribution in [1.29, 1.82) is 0 Å². The lowest BCUT2D eigenvalue weighted by Gasteiger charge is -2.09. The van der Waals surface area contributed by atoms with Crippen molar-refractivity contribution >= 4 is 29.5 Å². The number of ether oxygens (including phenoxy) is 1. The molecule has 1 N–H and O–H groups in total. The number of anilines is 1. The second-order valence-electron chi connectivity index (χ2n) is 2.43. The summed E-state index contributed by atoms with van der Waals surface area (Å²) >= 11 is 5.79. The molecule has 0 radical (unpaired) electrons. The Morgan fingerprint density at radius 2 is 2.29 bits per heavy atom. The zero-order valence-corrected chi connectivity index (χ0v) is 8.17. The number of halogens is 1. The van der Waals surface area contributed by atoms with Crippen LogP contribution in [0.4, 0.5) is 5.69 Å². The molecule has 0 aliphatic carbocycles. The molecule has 1 aromatic carbocycles. The van der Waals surface area contributed by atoms with E-state index in [1.807, 2.05) is 0 Å². The highest BCUT2D eigenvalue weighted by atomic mass is 35.5. The monoisotopic (exact) mass is 213 g/mol. The van der Waals surface area contributed by atoms with Crippen molar-refractivity contribution in [2.24, 2.45) is 0 Å². The van der Waals surface area contributed by atoms with Crippen LogP contribution in [0, 0.1) is 0 Å². The fourth-order valence-electron chi connectivity index (χ4n) is 0.977. The van der Waals surface area contributed by atoms with Crippen molar-refractivity contribution in [2.45, 2.75) is 0 Å². The van der Waals surface area contributed by atoms with Crippen LogP contribution in [0.2, 0.25) is 5.02 Å². The number of nitrogens with one attached hydrogen (secondary N) is 1. The van der Waals surface area contributed by atoms with E-state index in [1.165, 1.54) is 7.11 Å².